The molecule has 0 saturated carbocycles. The second-order valence-corrected chi connectivity index (χ2v) is 18.3. The van der Waals surface area contributed by atoms with E-state index >= 15 is 0 Å². The summed E-state index contributed by atoms with van der Waals surface area (Å²) in [5.74, 6) is -0.506. The molecule has 6 heteroatoms. The lowest BCUT2D eigenvalue weighted by Gasteiger charge is -2.24. The van der Waals surface area contributed by atoms with Gasteiger partial charge in [-0.3, -0.25) is 9.59 Å². The first-order valence-corrected chi connectivity index (χ1v) is 26.6. The maximum atomic E-state index is 13.2. The first-order valence-electron chi connectivity index (χ1n) is 26.6. The van der Waals surface area contributed by atoms with Crippen LogP contribution in [-0.2, 0) is 14.3 Å². The van der Waals surface area contributed by atoms with Gasteiger partial charge in [-0.25, -0.2) is 0 Å². The van der Waals surface area contributed by atoms with Gasteiger partial charge in [0, 0.05) is 6.42 Å². The van der Waals surface area contributed by atoms with E-state index in [1.54, 1.807) is 0 Å². The summed E-state index contributed by atoms with van der Waals surface area (Å²) < 4.78 is 5.92. The Balaban J connectivity index is 4.60. The maximum Gasteiger partial charge on any atom is 0.306 e. The van der Waals surface area contributed by atoms with Gasteiger partial charge >= 0.3 is 5.97 Å². The Kier molecular flexibility index (Phi) is 47.0. The Morgan fingerprint density at radius 1 is 0.483 bits per heavy atom. The highest BCUT2D eigenvalue weighted by Gasteiger charge is 2.24. The van der Waals surface area contributed by atoms with Crippen molar-refractivity contribution in [2.75, 3.05) is 6.61 Å². The van der Waals surface area contributed by atoms with Crippen LogP contribution in [0.5, 0.6) is 0 Å². The zero-order chi connectivity index (χ0) is 43.8. The van der Waals surface area contributed by atoms with Gasteiger partial charge in [-0.15, -0.1) is 0 Å². The van der Waals surface area contributed by atoms with Crippen LogP contribution in [0.4, 0.5) is 0 Å². The first-order chi connectivity index (χ1) is 29.5. The molecule has 0 radical (unpaired) electrons. The summed E-state index contributed by atoms with van der Waals surface area (Å²) in [7, 11) is 0. The standard InChI is InChI=1S/C54H103NO5/c1-4-7-10-13-16-19-22-25-27-29-32-35-38-41-44-47-54(59)60-50(45-42-39-36-33-30-28-26-23-20-17-14-11-8-5-2)48-53(58)55-51(49-56)52(57)46-43-40-37-34-31-24-21-18-15-12-9-6-3/h28,30,33,36,50-52,56-57H,4-27,29,31-32,34-35,37-49H2,1-3H3,(H,55,58)/b30-28+,36-33+. The fraction of sp³-hybridized carbons (Fsp3) is 0.889. The second-order valence-electron chi connectivity index (χ2n) is 18.3. The molecule has 0 aliphatic rings. The Bertz CT molecular complexity index is 950. The highest BCUT2D eigenvalue weighted by molar-refractivity contribution is 5.77. The van der Waals surface area contributed by atoms with Crippen molar-refractivity contribution in [1.29, 1.82) is 0 Å². The molecule has 0 aromatic rings. The number of amides is 1. The summed E-state index contributed by atoms with van der Waals surface area (Å²) >= 11 is 0. The number of hydrogen-bond acceptors (Lipinski definition) is 5. The zero-order valence-electron chi connectivity index (χ0n) is 40.4. The molecule has 60 heavy (non-hydrogen) atoms. The molecule has 3 N–H and O–H groups in total. The lowest BCUT2D eigenvalue weighted by molar-refractivity contribution is -0.151. The molecule has 0 aromatic heterocycles. The van der Waals surface area contributed by atoms with E-state index in [4.69, 9.17) is 4.74 Å². The van der Waals surface area contributed by atoms with E-state index in [0.717, 1.165) is 57.8 Å². The van der Waals surface area contributed by atoms with E-state index in [2.05, 4.69) is 50.4 Å². The average molecular weight is 846 g/mol. The van der Waals surface area contributed by atoms with Crippen molar-refractivity contribution in [2.24, 2.45) is 0 Å². The normalized spacial score (nSPS) is 13.3. The summed E-state index contributed by atoms with van der Waals surface area (Å²) in [5, 5.41) is 23.7. The van der Waals surface area contributed by atoms with Crippen molar-refractivity contribution < 1.29 is 24.5 Å². The Hall–Kier alpha value is -1.66. The third-order valence-electron chi connectivity index (χ3n) is 12.3. The van der Waals surface area contributed by atoms with E-state index in [-0.39, 0.29) is 24.9 Å². The van der Waals surface area contributed by atoms with Crippen LogP contribution >= 0.6 is 0 Å². The monoisotopic (exact) mass is 846 g/mol. The molecule has 1 amide bonds. The van der Waals surface area contributed by atoms with Crippen LogP contribution in [0.15, 0.2) is 24.3 Å². The summed E-state index contributed by atoms with van der Waals surface area (Å²) in [6.07, 6.45) is 55.3. The molecule has 3 unspecified atom stereocenters. The minimum Gasteiger partial charge on any atom is -0.462 e. The third-order valence-corrected chi connectivity index (χ3v) is 12.3. The molecule has 0 spiro atoms. The molecular weight excluding hydrogens is 743 g/mol. The molecule has 0 saturated heterocycles. The first kappa shape index (κ1) is 58.3. The molecule has 3 atom stereocenters. The molecule has 0 heterocycles. The number of esters is 1. The summed E-state index contributed by atoms with van der Waals surface area (Å²) in [6.45, 7) is 6.48. The molecule has 0 aliphatic heterocycles. The number of allylic oxidation sites excluding steroid dienone is 4. The summed E-state index contributed by atoms with van der Waals surface area (Å²) in [4.78, 5) is 26.1. The van der Waals surface area contributed by atoms with Crippen molar-refractivity contribution in [3.63, 3.8) is 0 Å². The Morgan fingerprint density at radius 3 is 1.27 bits per heavy atom. The molecule has 0 aliphatic carbocycles. The number of carbonyl (C=O) groups excluding carboxylic acids is 2. The number of nitrogens with one attached hydrogen (secondary N) is 1. The largest absolute Gasteiger partial charge is 0.462 e. The predicted molar refractivity (Wildman–Crippen MR) is 260 cm³/mol. The van der Waals surface area contributed by atoms with Crippen LogP contribution in [0.3, 0.4) is 0 Å². The van der Waals surface area contributed by atoms with Crippen molar-refractivity contribution >= 4 is 11.9 Å². The van der Waals surface area contributed by atoms with Gasteiger partial charge < -0.3 is 20.3 Å². The van der Waals surface area contributed by atoms with Gasteiger partial charge in [-0.2, -0.15) is 0 Å². The topological polar surface area (TPSA) is 95.9 Å². The fourth-order valence-corrected chi connectivity index (χ4v) is 8.25. The molecule has 0 rings (SSSR count). The molecule has 354 valence electrons. The number of aliphatic hydroxyl groups excluding tert-OH is 2. The van der Waals surface area contributed by atoms with Gasteiger partial charge in [0.2, 0.25) is 5.91 Å². The molecule has 0 fully saturated rings. The van der Waals surface area contributed by atoms with Crippen LogP contribution in [0, 0.1) is 0 Å². The SMILES string of the molecule is CCCCCCCCC/C=C/C=C/CCCC(CC(=O)NC(CO)C(O)CCCCCCCCCCCCCC)OC(=O)CCCCCCCCCCCCCCCCC. The van der Waals surface area contributed by atoms with Gasteiger partial charge in [0.15, 0.2) is 0 Å². The summed E-state index contributed by atoms with van der Waals surface area (Å²) in [5.41, 5.74) is 0. The van der Waals surface area contributed by atoms with Crippen molar-refractivity contribution in [3.8, 4) is 0 Å². The van der Waals surface area contributed by atoms with Gasteiger partial charge in [-0.1, -0.05) is 251 Å². The van der Waals surface area contributed by atoms with E-state index in [1.807, 2.05) is 0 Å². The zero-order valence-corrected chi connectivity index (χ0v) is 40.4. The van der Waals surface area contributed by atoms with Gasteiger partial charge in [0.25, 0.3) is 0 Å². The van der Waals surface area contributed by atoms with E-state index in [1.165, 1.54) is 180 Å². The van der Waals surface area contributed by atoms with E-state index < -0.39 is 18.2 Å². The van der Waals surface area contributed by atoms with Gasteiger partial charge in [0.1, 0.15) is 6.10 Å². The predicted octanol–water partition coefficient (Wildman–Crippen LogP) is 15.9. The van der Waals surface area contributed by atoms with Crippen molar-refractivity contribution in [3.05, 3.63) is 24.3 Å². The smallest absolute Gasteiger partial charge is 0.306 e. The number of unbranched alkanes of at least 4 members (excludes halogenated alkanes) is 33. The van der Waals surface area contributed by atoms with Crippen LogP contribution in [0.2, 0.25) is 0 Å². The van der Waals surface area contributed by atoms with Crippen LogP contribution in [0.25, 0.3) is 0 Å². The minimum atomic E-state index is -0.794. The van der Waals surface area contributed by atoms with E-state index in [9.17, 15) is 19.8 Å². The summed E-state index contributed by atoms with van der Waals surface area (Å²) in [6, 6.07) is -0.711. The third kappa shape index (κ3) is 43.0. The molecule has 0 bridgehead atoms. The molecule has 0 aromatic carbocycles. The minimum absolute atomic E-state index is 0.0501. The van der Waals surface area contributed by atoms with E-state index in [0.29, 0.717) is 19.3 Å². The van der Waals surface area contributed by atoms with Gasteiger partial charge in [0.05, 0.1) is 25.2 Å². The van der Waals surface area contributed by atoms with Crippen LogP contribution < -0.4 is 5.32 Å². The van der Waals surface area contributed by atoms with Crippen molar-refractivity contribution in [2.45, 2.75) is 302 Å². The number of rotatable bonds is 48. The number of ether oxygens (including phenoxy) is 1. The molecule has 6 nitrogen and oxygen atoms in total. The highest BCUT2D eigenvalue weighted by Crippen LogP contribution is 2.18. The maximum absolute atomic E-state index is 13.2. The lowest BCUT2D eigenvalue weighted by Crippen LogP contribution is -2.46. The van der Waals surface area contributed by atoms with Crippen molar-refractivity contribution in [1.82, 2.24) is 5.32 Å². The number of carbonyl (C=O) groups is 2. The van der Waals surface area contributed by atoms with Crippen LogP contribution in [-0.4, -0.2) is 46.9 Å². The lowest BCUT2D eigenvalue weighted by atomic mass is 10.0. The van der Waals surface area contributed by atoms with Crippen LogP contribution in [0.1, 0.15) is 284 Å². The molecular formula is C54H103NO5. The number of aliphatic hydroxyl groups is 2. The quantitative estimate of drug-likeness (QED) is 0.0322. The second kappa shape index (κ2) is 48.4. The average Bonchev–Trinajstić information content (AvgIpc) is 3.24. The van der Waals surface area contributed by atoms with Gasteiger partial charge in [-0.05, 0) is 44.9 Å². The number of hydrogen-bond donors (Lipinski definition) is 3. The Morgan fingerprint density at radius 2 is 0.850 bits per heavy atom. The highest BCUT2D eigenvalue weighted by atomic mass is 16.5. The fourth-order valence-electron chi connectivity index (χ4n) is 8.25. The Labute approximate surface area is 373 Å².